The van der Waals surface area contributed by atoms with Gasteiger partial charge in [0.25, 0.3) is 0 Å². The summed E-state index contributed by atoms with van der Waals surface area (Å²) in [6.07, 6.45) is -1.09. The van der Waals surface area contributed by atoms with E-state index in [4.69, 9.17) is 5.73 Å². The summed E-state index contributed by atoms with van der Waals surface area (Å²) in [5.41, 5.74) is 7.65. The zero-order chi connectivity index (χ0) is 33.8. The summed E-state index contributed by atoms with van der Waals surface area (Å²) < 4.78 is 0. The molecule has 3 aromatic carbocycles. The highest BCUT2D eigenvalue weighted by Crippen LogP contribution is 2.15. The van der Waals surface area contributed by atoms with Crippen LogP contribution in [0.2, 0.25) is 0 Å². The van der Waals surface area contributed by atoms with E-state index in [1.54, 1.807) is 12.1 Å². The van der Waals surface area contributed by atoms with Crippen molar-refractivity contribution in [2.45, 2.75) is 56.3 Å². The van der Waals surface area contributed by atoms with Gasteiger partial charge in [0, 0.05) is 19.3 Å². The standard InChI is InChI=1S/C32H36N4O10/c33-24(15-18-1-7-21(37)8-2-18)29(42)34-25(13-14-28(40)41)30(43)35-26(16-19-3-9-22(38)10-4-19)31(44)36-27(32(45)46)17-20-5-11-23(39)12-6-20/h1-12,24-27,37-39H,13-17,33H2,(H,34,42)(H,35,43)(H,36,44)(H,40,41)(H,45,46). The van der Waals surface area contributed by atoms with Crippen LogP contribution in [0.5, 0.6) is 17.2 Å². The molecule has 0 aromatic heterocycles. The van der Waals surface area contributed by atoms with Gasteiger partial charge in [0.15, 0.2) is 0 Å². The molecule has 14 nitrogen and oxygen atoms in total. The number of phenolic OH excluding ortho intramolecular Hbond substituents is 3. The molecule has 10 N–H and O–H groups in total. The second kappa shape index (κ2) is 16.4. The molecule has 4 atom stereocenters. The maximum atomic E-state index is 13.5. The number of aliphatic carboxylic acids is 2. The molecule has 0 aliphatic heterocycles. The first-order valence-corrected chi connectivity index (χ1v) is 14.3. The lowest BCUT2D eigenvalue weighted by atomic mass is 10.0. The molecule has 0 radical (unpaired) electrons. The molecule has 0 heterocycles. The van der Waals surface area contributed by atoms with Crippen LogP contribution in [0.1, 0.15) is 29.5 Å². The van der Waals surface area contributed by atoms with Crippen LogP contribution in [0.4, 0.5) is 0 Å². The van der Waals surface area contributed by atoms with Crippen molar-refractivity contribution in [2.24, 2.45) is 5.73 Å². The number of nitrogens with one attached hydrogen (secondary N) is 3. The van der Waals surface area contributed by atoms with E-state index in [9.17, 15) is 49.5 Å². The molecular formula is C32H36N4O10. The van der Waals surface area contributed by atoms with Crippen molar-refractivity contribution in [3.05, 3.63) is 89.5 Å². The Bertz CT molecular complexity index is 1510. The van der Waals surface area contributed by atoms with E-state index in [1.165, 1.54) is 60.7 Å². The van der Waals surface area contributed by atoms with Gasteiger partial charge < -0.3 is 47.2 Å². The van der Waals surface area contributed by atoms with E-state index in [0.717, 1.165) is 0 Å². The summed E-state index contributed by atoms with van der Waals surface area (Å²) in [6.45, 7) is 0. The van der Waals surface area contributed by atoms with Crippen molar-refractivity contribution in [2.75, 3.05) is 0 Å². The zero-order valence-electron chi connectivity index (χ0n) is 24.6. The average Bonchev–Trinajstić information content (AvgIpc) is 3.01. The number of carboxylic acid groups (broad SMARTS) is 2. The predicted molar refractivity (Wildman–Crippen MR) is 164 cm³/mol. The van der Waals surface area contributed by atoms with Gasteiger partial charge in [0.05, 0.1) is 6.04 Å². The number of rotatable bonds is 16. The van der Waals surface area contributed by atoms with Gasteiger partial charge in [-0.15, -0.1) is 0 Å². The molecule has 0 saturated carbocycles. The molecular weight excluding hydrogens is 600 g/mol. The smallest absolute Gasteiger partial charge is 0.326 e. The monoisotopic (exact) mass is 636 g/mol. The second-order valence-corrected chi connectivity index (χ2v) is 10.7. The molecule has 0 bridgehead atoms. The normalized spacial score (nSPS) is 13.4. The maximum absolute atomic E-state index is 13.5. The van der Waals surface area contributed by atoms with Crippen LogP contribution in [0, 0.1) is 0 Å². The van der Waals surface area contributed by atoms with Crippen LogP contribution < -0.4 is 21.7 Å². The number of hydrogen-bond donors (Lipinski definition) is 9. The van der Waals surface area contributed by atoms with Gasteiger partial charge in [-0.05, 0) is 65.9 Å². The van der Waals surface area contributed by atoms with Crippen molar-refractivity contribution in [1.29, 1.82) is 0 Å². The Balaban J connectivity index is 1.80. The number of benzene rings is 3. The summed E-state index contributed by atoms with van der Waals surface area (Å²) in [5.74, 6) is -5.19. The first kappa shape index (κ1) is 34.9. The molecule has 3 amide bonds. The summed E-state index contributed by atoms with van der Waals surface area (Å²) in [4.78, 5) is 63.2. The van der Waals surface area contributed by atoms with Crippen LogP contribution in [-0.2, 0) is 43.2 Å². The Kier molecular flexibility index (Phi) is 12.5. The molecule has 0 spiro atoms. The van der Waals surface area contributed by atoms with Gasteiger partial charge in [-0.3, -0.25) is 19.2 Å². The topological polar surface area (TPSA) is 249 Å². The molecule has 0 fully saturated rings. The van der Waals surface area contributed by atoms with Gasteiger partial charge in [0.2, 0.25) is 17.7 Å². The van der Waals surface area contributed by atoms with E-state index in [2.05, 4.69) is 16.0 Å². The van der Waals surface area contributed by atoms with E-state index >= 15 is 0 Å². The molecule has 3 aromatic rings. The minimum atomic E-state index is -1.42. The van der Waals surface area contributed by atoms with Crippen LogP contribution in [0.25, 0.3) is 0 Å². The molecule has 244 valence electrons. The fourth-order valence-corrected chi connectivity index (χ4v) is 4.48. The summed E-state index contributed by atoms with van der Waals surface area (Å²) in [5, 5.41) is 55.0. The van der Waals surface area contributed by atoms with Crippen molar-refractivity contribution in [3.8, 4) is 17.2 Å². The number of aromatic hydroxyl groups is 3. The third-order valence-electron chi connectivity index (χ3n) is 7.01. The Morgan fingerprint density at radius 1 is 0.543 bits per heavy atom. The van der Waals surface area contributed by atoms with Crippen LogP contribution >= 0.6 is 0 Å². The van der Waals surface area contributed by atoms with E-state index in [-0.39, 0.29) is 42.9 Å². The van der Waals surface area contributed by atoms with Gasteiger partial charge in [0.1, 0.15) is 35.4 Å². The van der Waals surface area contributed by atoms with Gasteiger partial charge in [-0.2, -0.15) is 0 Å². The SMILES string of the molecule is NC(Cc1ccc(O)cc1)C(=O)NC(CCC(=O)O)C(=O)NC(Cc1ccc(O)cc1)C(=O)NC(Cc1ccc(O)cc1)C(=O)O. The Labute approximate surface area is 263 Å². The fourth-order valence-electron chi connectivity index (χ4n) is 4.48. The molecule has 0 aliphatic carbocycles. The summed E-state index contributed by atoms with van der Waals surface area (Å²) >= 11 is 0. The second-order valence-electron chi connectivity index (χ2n) is 10.7. The Morgan fingerprint density at radius 3 is 1.35 bits per heavy atom. The van der Waals surface area contributed by atoms with Crippen LogP contribution in [0.15, 0.2) is 72.8 Å². The third-order valence-corrected chi connectivity index (χ3v) is 7.01. The molecule has 14 heteroatoms. The lowest BCUT2D eigenvalue weighted by Crippen LogP contribution is -2.58. The van der Waals surface area contributed by atoms with E-state index in [1.807, 2.05) is 0 Å². The lowest BCUT2D eigenvalue weighted by molar-refractivity contribution is -0.142. The van der Waals surface area contributed by atoms with E-state index in [0.29, 0.717) is 16.7 Å². The number of phenols is 3. The first-order chi connectivity index (χ1) is 21.8. The van der Waals surface area contributed by atoms with E-state index < -0.39 is 60.2 Å². The lowest BCUT2D eigenvalue weighted by Gasteiger charge is -2.25. The molecule has 3 rings (SSSR count). The Hall–Kier alpha value is -5.63. The fraction of sp³-hybridized carbons (Fsp3) is 0.281. The quantitative estimate of drug-likeness (QED) is 0.105. The minimum Gasteiger partial charge on any atom is -0.508 e. The number of carbonyl (C=O) groups is 5. The van der Waals surface area contributed by atoms with Gasteiger partial charge >= 0.3 is 11.9 Å². The zero-order valence-corrected chi connectivity index (χ0v) is 24.6. The Morgan fingerprint density at radius 2 is 0.913 bits per heavy atom. The summed E-state index contributed by atoms with van der Waals surface area (Å²) in [7, 11) is 0. The highest BCUT2D eigenvalue weighted by Gasteiger charge is 2.31. The average molecular weight is 637 g/mol. The number of nitrogens with two attached hydrogens (primary N) is 1. The molecule has 0 aliphatic rings. The van der Waals surface area contributed by atoms with Gasteiger partial charge in [-0.25, -0.2) is 4.79 Å². The molecule has 4 unspecified atom stereocenters. The number of amides is 3. The maximum Gasteiger partial charge on any atom is 0.326 e. The number of carbonyl (C=O) groups excluding carboxylic acids is 3. The van der Waals surface area contributed by atoms with Crippen LogP contribution in [0.3, 0.4) is 0 Å². The molecule has 0 saturated heterocycles. The highest BCUT2D eigenvalue weighted by molar-refractivity contribution is 5.94. The van der Waals surface area contributed by atoms with Crippen molar-refractivity contribution >= 4 is 29.7 Å². The number of carboxylic acids is 2. The van der Waals surface area contributed by atoms with Crippen molar-refractivity contribution < 1.29 is 49.5 Å². The minimum absolute atomic E-state index is 0.0214. The predicted octanol–water partition coefficient (Wildman–Crippen LogP) is 0.562. The molecule has 46 heavy (non-hydrogen) atoms. The van der Waals surface area contributed by atoms with Crippen molar-refractivity contribution in [1.82, 2.24) is 16.0 Å². The highest BCUT2D eigenvalue weighted by atomic mass is 16.4. The largest absolute Gasteiger partial charge is 0.508 e. The van der Waals surface area contributed by atoms with Crippen molar-refractivity contribution in [3.63, 3.8) is 0 Å². The van der Waals surface area contributed by atoms with Gasteiger partial charge in [-0.1, -0.05) is 36.4 Å². The number of hydrogen-bond acceptors (Lipinski definition) is 9. The van der Waals surface area contributed by atoms with Crippen LogP contribution in [-0.4, -0.2) is 79.4 Å². The summed E-state index contributed by atoms with van der Waals surface area (Å²) in [6, 6.07) is 12.1. The third kappa shape index (κ3) is 11.1. The first-order valence-electron chi connectivity index (χ1n) is 14.3.